The van der Waals surface area contributed by atoms with Gasteiger partial charge < -0.3 is 21.0 Å². The molecule has 30 heavy (non-hydrogen) atoms. The van der Waals surface area contributed by atoms with E-state index in [0.717, 1.165) is 30.6 Å². The first-order valence-corrected chi connectivity index (χ1v) is 10.6. The minimum Gasteiger partial charge on any atom is -0.365 e. The molecule has 158 valence electrons. The van der Waals surface area contributed by atoms with E-state index in [4.69, 9.17) is 5.73 Å². The minimum atomic E-state index is -0.570. The first kappa shape index (κ1) is 20.2. The molecule has 4 aromatic rings. The average molecular weight is 409 g/mol. The topological polar surface area (TPSA) is 121 Å². The number of imidazole rings is 1. The van der Waals surface area contributed by atoms with Crippen LogP contribution >= 0.6 is 0 Å². The molecule has 5 rings (SSSR count). The molecule has 1 saturated heterocycles. The Morgan fingerprint density at radius 3 is 2.83 bits per heavy atom. The molecule has 1 unspecified atom stereocenters. The maximum absolute atomic E-state index is 12.3. The molecule has 1 aromatic carbocycles. The number of aromatic amines is 2. The van der Waals surface area contributed by atoms with Crippen molar-refractivity contribution in [3.63, 3.8) is 0 Å². The number of nitrogens with two attached hydrogens (primary N) is 1. The number of nitrogens with one attached hydrogen (secondary N) is 3. The summed E-state index contributed by atoms with van der Waals surface area (Å²) < 4.78 is 1.82. The van der Waals surface area contributed by atoms with Crippen LogP contribution in [0, 0.1) is 6.92 Å². The van der Waals surface area contributed by atoms with E-state index in [9.17, 15) is 9.59 Å². The summed E-state index contributed by atoms with van der Waals surface area (Å²) in [4.78, 5) is 35.7. The summed E-state index contributed by atoms with van der Waals surface area (Å²) in [5.41, 5.74) is 10.5. The molecule has 0 radical (unpaired) electrons. The quantitative estimate of drug-likeness (QED) is 0.415. The number of rotatable bonds is 4. The van der Waals surface area contributed by atoms with Gasteiger partial charge in [-0.2, -0.15) is 0 Å². The third-order valence-corrected chi connectivity index (χ3v) is 5.74. The van der Waals surface area contributed by atoms with Crippen LogP contribution in [-0.4, -0.2) is 37.8 Å². The summed E-state index contributed by atoms with van der Waals surface area (Å²) in [5.74, 6) is -0.570. The fourth-order valence-corrected chi connectivity index (χ4v) is 4.35. The van der Waals surface area contributed by atoms with Crippen LogP contribution in [0.15, 0.2) is 23.1 Å². The number of carbonyl (C=O) groups is 1. The van der Waals surface area contributed by atoms with Gasteiger partial charge in [-0.05, 0) is 50.8 Å². The molecule has 0 spiro atoms. The second kappa shape index (κ2) is 7.95. The Kier molecular flexibility index (Phi) is 5.34. The summed E-state index contributed by atoms with van der Waals surface area (Å²) in [6.45, 7) is 7.00. The Morgan fingerprint density at radius 2 is 2.13 bits per heavy atom. The zero-order valence-electron chi connectivity index (χ0n) is 17.6. The van der Waals surface area contributed by atoms with Gasteiger partial charge in [0.05, 0.1) is 11.0 Å². The maximum Gasteiger partial charge on any atom is 0.254 e. The summed E-state index contributed by atoms with van der Waals surface area (Å²) in [5, 5.41) is 3.50. The fourth-order valence-electron chi connectivity index (χ4n) is 4.35. The molecule has 3 aromatic heterocycles. The summed E-state index contributed by atoms with van der Waals surface area (Å²) >= 11 is 0. The Labute approximate surface area is 173 Å². The van der Waals surface area contributed by atoms with Crippen LogP contribution in [0.1, 0.15) is 54.7 Å². The maximum atomic E-state index is 12.3. The van der Waals surface area contributed by atoms with Crippen molar-refractivity contribution >= 4 is 33.8 Å². The van der Waals surface area contributed by atoms with Crippen molar-refractivity contribution in [2.24, 2.45) is 5.73 Å². The first-order valence-electron chi connectivity index (χ1n) is 10.6. The normalized spacial score (nSPS) is 16.3. The zero-order chi connectivity index (χ0) is 21.4. The van der Waals surface area contributed by atoms with Gasteiger partial charge in [0.1, 0.15) is 16.7 Å². The lowest BCUT2D eigenvalue weighted by molar-refractivity contribution is 0.100. The molecule has 1 amide bonds. The number of amides is 1. The van der Waals surface area contributed by atoms with Crippen molar-refractivity contribution in [1.29, 1.82) is 0 Å². The van der Waals surface area contributed by atoms with Crippen molar-refractivity contribution in [3.8, 4) is 0 Å². The van der Waals surface area contributed by atoms with Gasteiger partial charge in [-0.15, -0.1) is 0 Å². The highest BCUT2D eigenvalue weighted by Crippen LogP contribution is 2.29. The number of hydrogen-bond donors (Lipinski definition) is 4. The lowest BCUT2D eigenvalue weighted by atomic mass is 10.1. The van der Waals surface area contributed by atoms with Crippen LogP contribution in [0.2, 0.25) is 0 Å². The van der Waals surface area contributed by atoms with Crippen LogP contribution in [-0.2, 0) is 6.42 Å². The van der Waals surface area contributed by atoms with Crippen LogP contribution in [0.3, 0.4) is 0 Å². The van der Waals surface area contributed by atoms with Gasteiger partial charge in [-0.25, -0.2) is 4.98 Å². The molecule has 0 saturated carbocycles. The summed E-state index contributed by atoms with van der Waals surface area (Å²) in [7, 11) is 0. The Morgan fingerprint density at radius 1 is 1.33 bits per heavy atom. The lowest BCUT2D eigenvalue weighted by Gasteiger charge is -2.10. The second-order valence-electron chi connectivity index (χ2n) is 7.58. The molecule has 1 fully saturated rings. The Bertz CT molecular complexity index is 1290. The molecule has 1 aliphatic rings. The zero-order valence-corrected chi connectivity index (χ0v) is 17.6. The lowest BCUT2D eigenvalue weighted by Crippen LogP contribution is -2.21. The number of aryl methyl sites for hydroxylation is 2. The van der Waals surface area contributed by atoms with E-state index in [1.54, 1.807) is 6.07 Å². The van der Waals surface area contributed by atoms with Gasteiger partial charge >= 0.3 is 0 Å². The molecule has 0 bridgehead atoms. The number of aromatic nitrogens is 4. The second-order valence-corrected chi connectivity index (χ2v) is 7.58. The minimum absolute atomic E-state index is 0.169. The monoisotopic (exact) mass is 408 g/mol. The third-order valence-electron chi connectivity index (χ3n) is 5.74. The predicted octanol–water partition coefficient (Wildman–Crippen LogP) is 2.78. The molecule has 8 nitrogen and oxygen atoms in total. The number of hydrogen-bond acceptors (Lipinski definition) is 4. The van der Waals surface area contributed by atoms with Crippen LogP contribution in [0.5, 0.6) is 0 Å². The molecular formula is C22H28N6O2. The molecule has 8 heteroatoms. The first-order chi connectivity index (χ1) is 14.5. The number of H-pyrrole nitrogens is 2. The van der Waals surface area contributed by atoms with Gasteiger partial charge in [0, 0.05) is 17.9 Å². The predicted molar refractivity (Wildman–Crippen MR) is 119 cm³/mol. The number of carbonyl (C=O) groups excluding carboxylic acids is 1. The SMILES string of the molecule is CC.Cc1ccc(=O)c2nc3c(C(N)=O)c4[nH]c(CCC5CCCN5)c[nH]c4n3c12. The Balaban J connectivity index is 0.00000106. The molecule has 1 atom stereocenters. The molecule has 0 aliphatic carbocycles. The standard InChI is InChI=1S/C20H22N6O2.C2H6/c1-10-4-7-13(27)15-17(10)26-19(25-15)14(18(21)28)16-20(26)23-9-12(24-16)6-5-11-3-2-8-22-11;1-2/h4,7,9,11,22-24H,2-3,5-6,8H2,1H3,(H2,21,28);1-2H3. The smallest absolute Gasteiger partial charge is 0.254 e. The molecule has 1 aliphatic heterocycles. The third kappa shape index (κ3) is 3.17. The highest BCUT2D eigenvalue weighted by atomic mass is 16.1. The van der Waals surface area contributed by atoms with Gasteiger partial charge in [-0.1, -0.05) is 19.9 Å². The number of primary amides is 1. The number of nitrogens with zero attached hydrogens (tertiary/aromatic N) is 2. The molecular weight excluding hydrogens is 380 g/mol. The fraction of sp³-hybridized carbons (Fsp3) is 0.409. The van der Waals surface area contributed by atoms with E-state index in [0.29, 0.717) is 39.4 Å². The van der Waals surface area contributed by atoms with Crippen molar-refractivity contribution in [2.75, 3.05) is 6.54 Å². The van der Waals surface area contributed by atoms with Crippen molar-refractivity contribution in [3.05, 3.63) is 45.4 Å². The number of benzene rings is 1. The van der Waals surface area contributed by atoms with Crippen LogP contribution < -0.4 is 16.5 Å². The van der Waals surface area contributed by atoms with Crippen LogP contribution in [0.25, 0.3) is 27.8 Å². The van der Waals surface area contributed by atoms with E-state index in [-0.39, 0.29) is 5.43 Å². The highest BCUT2D eigenvalue weighted by Gasteiger charge is 2.24. The van der Waals surface area contributed by atoms with Crippen molar-refractivity contribution < 1.29 is 4.79 Å². The van der Waals surface area contributed by atoms with E-state index in [1.165, 1.54) is 18.9 Å². The molecule has 4 heterocycles. The van der Waals surface area contributed by atoms with Crippen molar-refractivity contribution in [2.45, 2.75) is 52.5 Å². The largest absolute Gasteiger partial charge is 0.365 e. The van der Waals surface area contributed by atoms with Gasteiger partial charge in [-0.3, -0.25) is 14.0 Å². The van der Waals surface area contributed by atoms with E-state index >= 15 is 0 Å². The van der Waals surface area contributed by atoms with Gasteiger partial charge in [0.25, 0.3) is 5.91 Å². The van der Waals surface area contributed by atoms with E-state index in [2.05, 4.69) is 20.3 Å². The molecule has 5 N–H and O–H groups in total. The Hall–Kier alpha value is -3.13. The van der Waals surface area contributed by atoms with Gasteiger partial charge in [0.15, 0.2) is 5.65 Å². The van der Waals surface area contributed by atoms with Gasteiger partial charge in [0.2, 0.25) is 5.43 Å². The van der Waals surface area contributed by atoms with Crippen molar-refractivity contribution in [1.82, 2.24) is 24.7 Å². The highest BCUT2D eigenvalue weighted by molar-refractivity contribution is 6.12. The average Bonchev–Trinajstić information content (AvgIpc) is 3.45. The number of fused-ring (bicyclic) bond motifs is 5. The summed E-state index contributed by atoms with van der Waals surface area (Å²) in [6.07, 6.45) is 6.23. The van der Waals surface area contributed by atoms with E-state index in [1.807, 2.05) is 31.4 Å². The summed E-state index contributed by atoms with van der Waals surface area (Å²) in [6, 6.07) is 3.81. The van der Waals surface area contributed by atoms with Crippen LogP contribution in [0.4, 0.5) is 0 Å². The van der Waals surface area contributed by atoms with E-state index < -0.39 is 5.91 Å².